The highest BCUT2D eigenvalue weighted by atomic mass is 79.9. The maximum atomic E-state index is 6.13. The SMILES string of the molecule is Cc1ccc(CN2CCC(C)C(N)C2)cc1Br. The minimum absolute atomic E-state index is 0.331. The van der Waals surface area contributed by atoms with Crippen molar-refractivity contribution in [3.8, 4) is 0 Å². The van der Waals surface area contributed by atoms with Gasteiger partial charge in [-0.15, -0.1) is 0 Å². The molecule has 1 aliphatic rings. The molecule has 2 rings (SSSR count). The Labute approximate surface area is 112 Å². The van der Waals surface area contributed by atoms with Crippen LogP contribution in [0.15, 0.2) is 22.7 Å². The van der Waals surface area contributed by atoms with E-state index in [4.69, 9.17) is 5.73 Å². The van der Waals surface area contributed by atoms with Crippen molar-refractivity contribution < 1.29 is 0 Å². The number of rotatable bonds is 2. The number of nitrogens with zero attached hydrogens (tertiary/aromatic N) is 1. The Kier molecular flexibility index (Phi) is 4.23. The summed E-state index contributed by atoms with van der Waals surface area (Å²) in [4.78, 5) is 2.46. The molecule has 0 spiro atoms. The number of piperidine rings is 1. The Balaban J connectivity index is 1.99. The maximum absolute atomic E-state index is 6.13. The second-order valence-corrected chi connectivity index (χ2v) is 6.10. The van der Waals surface area contributed by atoms with Crippen LogP contribution in [0.5, 0.6) is 0 Å². The van der Waals surface area contributed by atoms with Crippen molar-refractivity contribution in [1.29, 1.82) is 0 Å². The number of nitrogens with two attached hydrogens (primary N) is 1. The summed E-state index contributed by atoms with van der Waals surface area (Å²) in [6.45, 7) is 7.57. The minimum Gasteiger partial charge on any atom is -0.326 e. The summed E-state index contributed by atoms with van der Waals surface area (Å²) in [5.41, 5.74) is 8.78. The van der Waals surface area contributed by atoms with E-state index in [1.165, 1.54) is 28.6 Å². The van der Waals surface area contributed by atoms with Crippen LogP contribution in [0.2, 0.25) is 0 Å². The number of hydrogen-bond donors (Lipinski definition) is 1. The third kappa shape index (κ3) is 3.30. The van der Waals surface area contributed by atoms with Gasteiger partial charge in [0.1, 0.15) is 0 Å². The molecule has 1 saturated heterocycles. The highest BCUT2D eigenvalue weighted by molar-refractivity contribution is 9.10. The van der Waals surface area contributed by atoms with Gasteiger partial charge in [0.25, 0.3) is 0 Å². The second-order valence-electron chi connectivity index (χ2n) is 5.25. The predicted molar refractivity (Wildman–Crippen MR) is 75.9 cm³/mol. The van der Waals surface area contributed by atoms with Crippen LogP contribution in [0.3, 0.4) is 0 Å². The average molecular weight is 297 g/mol. The van der Waals surface area contributed by atoms with Crippen LogP contribution in [0.4, 0.5) is 0 Å². The molecule has 2 unspecified atom stereocenters. The van der Waals surface area contributed by atoms with Crippen molar-refractivity contribution in [3.05, 3.63) is 33.8 Å². The standard InChI is InChI=1S/C14H21BrN2/c1-10-3-4-12(7-13(10)15)8-17-6-5-11(2)14(16)9-17/h3-4,7,11,14H,5-6,8-9,16H2,1-2H3. The molecule has 3 heteroatoms. The summed E-state index contributed by atoms with van der Waals surface area (Å²) in [7, 11) is 0. The van der Waals surface area contributed by atoms with Gasteiger partial charge < -0.3 is 5.73 Å². The normalized spacial score (nSPS) is 26.1. The topological polar surface area (TPSA) is 29.3 Å². The van der Waals surface area contributed by atoms with E-state index in [-0.39, 0.29) is 0 Å². The van der Waals surface area contributed by atoms with Gasteiger partial charge in [-0.25, -0.2) is 0 Å². The summed E-state index contributed by atoms with van der Waals surface area (Å²) >= 11 is 3.59. The predicted octanol–water partition coefficient (Wildman–Crippen LogP) is 2.93. The molecule has 0 aliphatic carbocycles. The van der Waals surface area contributed by atoms with Gasteiger partial charge in [0.05, 0.1) is 0 Å². The van der Waals surface area contributed by atoms with Gasteiger partial charge in [-0.1, -0.05) is 35.0 Å². The second kappa shape index (κ2) is 5.51. The first-order valence-corrected chi connectivity index (χ1v) is 7.08. The zero-order valence-corrected chi connectivity index (χ0v) is 12.2. The number of aryl methyl sites for hydroxylation is 1. The van der Waals surface area contributed by atoms with Crippen LogP contribution >= 0.6 is 15.9 Å². The number of hydrogen-bond acceptors (Lipinski definition) is 2. The van der Waals surface area contributed by atoms with E-state index in [0.29, 0.717) is 12.0 Å². The molecule has 17 heavy (non-hydrogen) atoms. The molecule has 0 saturated carbocycles. The first kappa shape index (κ1) is 13.1. The zero-order valence-electron chi connectivity index (χ0n) is 10.6. The van der Waals surface area contributed by atoms with E-state index in [2.05, 4.69) is 52.9 Å². The fourth-order valence-corrected chi connectivity index (χ4v) is 2.73. The van der Waals surface area contributed by atoms with Crippen molar-refractivity contribution in [3.63, 3.8) is 0 Å². The molecular formula is C14H21BrN2. The maximum Gasteiger partial charge on any atom is 0.0234 e. The zero-order chi connectivity index (χ0) is 12.4. The van der Waals surface area contributed by atoms with Crippen LogP contribution in [-0.4, -0.2) is 24.0 Å². The fourth-order valence-electron chi connectivity index (χ4n) is 2.31. The van der Waals surface area contributed by atoms with Crippen molar-refractivity contribution in [2.75, 3.05) is 13.1 Å². The Bertz CT molecular complexity index is 392. The number of benzene rings is 1. The van der Waals surface area contributed by atoms with Crippen molar-refractivity contribution in [1.82, 2.24) is 4.90 Å². The van der Waals surface area contributed by atoms with Crippen molar-refractivity contribution in [2.45, 2.75) is 32.9 Å². The Morgan fingerprint density at radius 3 is 2.88 bits per heavy atom. The lowest BCUT2D eigenvalue weighted by Crippen LogP contribution is -2.47. The van der Waals surface area contributed by atoms with Crippen LogP contribution in [0, 0.1) is 12.8 Å². The first-order valence-electron chi connectivity index (χ1n) is 6.29. The van der Waals surface area contributed by atoms with E-state index < -0.39 is 0 Å². The molecule has 0 bridgehead atoms. The summed E-state index contributed by atoms with van der Waals surface area (Å²) in [6, 6.07) is 6.94. The van der Waals surface area contributed by atoms with Crippen LogP contribution in [0.1, 0.15) is 24.5 Å². The van der Waals surface area contributed by atoms with Gasteiger partial charge in [0.15, 0.2) is 0 Å². The average Bonchev–Trinajstić information content (AvgIpc) is 2.29. The van der Waals surface area contributed by atoms with Gasteiger partial charge in [-0.2, -0.15) is 0 Å². The minimum atomic E-state index is 0.331. The quantitative estimate of drug-likeness (QED) is 0.909. The van der Waals surface area contributed by atoms with E-state index in [9.17, 15) is 0 Å². The summed E-state index contributed by atoms with van der Waals surface area (Å²) in [5.74, 6) is 0.663. The van der Waals surface area contributed by atoms with Crippen molar-refractivity contribution in [2.24, 2.45) is 11.7 Å². The molecule has 94 valence electrons. The van der Waals surface area contributed by atoms with Crippen molar-refractivity contribution >= 4 is 15.9 Å². The molecule has 1 aliphatic heterocycles. The van der Waals surface area contributed by atoms with E-state index >= 15 is 0 Å². The van der Waals surface area contributed by atoms with Gasteiger partial charge in [-0.05, 0) is 43.0 Å². The molecule has 0 radical (unpaired) electrons. The largest absolute Gasteiger partial charge is 0.326 e. The highest BCUT2D eigenvalue weighted by Crippen LogP contribution is 2.21. The Morgan fingerprint density at radius 1 is 1.47 bits per heavy atom. The van der Waals surface area contributed by atoms with E-state index in [1.54, 1.807) is 0 Å². The first-order chi connectivity index (χ1) is 8.06. The fraction of sp³-hybridized carbons (Fsp3) is 0.571. The molecule has 1 heterocycles. The molecule has 0 aromatic heterocycles. The Hall–Kier alpha value is -0.380. The number of halogens is 1. The van der Waals surface area contributed by atoms with Gasteiger partial charge in [0.2, 0.25) is 0 Å². The molecule has 0 amide bonds. The van der Waals surface area contributed by atoms with E-state index in [0.717, 1.165) is 13.1 Å². The lowest BCUT2D eigenvalue weighted by atomic mass is 9.94. The van der Waals surface area contributed by atoms with Crippen LogP contribution < -0.4 is 5.73 Å². The van der Waals surface area contributed by atoms with Gasteiger partial charge in [-0.3, -0.25) is 4.90 Å². The lowest BCUT2D eigenvalue weighted by Gasteiger charge is -2.35. The molecule has 2 nitrogen and oxygen atoms in total. The van der Waals surface area contributed by atoms with Gasteiger partial charge in [0, 0.05) is 23.6 Å². The number of likely N-dealkylation sites (tertiary alicyclic amines) is 1. The molecule has 1 aromatic rings. The molecule has 2 atom stereocenters. The summed E-state index contributed by atoms with van der Waals surface area (Å²) in [6.07, 6.45) is 1.22. The third-order valence-corrected chi connectivity index (χ3v) is 4.60. The lowest BCUT2D eigenvalue weighted by molar-refractivity contribution is 0.162. The van der Waals surface area contributed by atoms with Gasteiger partial charge >= 0.3 is 0 Å². The molecule has 2 N–H and O–H groups in total. The van der Waals surface area contributed by atoms with Crippen LogP contribution in [0.25, 0.3) is 0 Å². The summed E-state index contributed by atoms with van der Waals surface area (Å²) in [5, 5.41) is 0. The smallest absolute Gasteiger partial charge is 0.0234 e. The molecular weight excluding hydrogens is 276 g/mol. The highest BCUT2D eigenvalue weighted by Gasteiger charge is 2.22. The van der Waals surface area contributed by atoms with E-state index in [1.807, 2.05) is 0 Å². The third-order valence-electron chi connectivity index (χ3n) is 3.74. The monoisotopic (exact) mass is 296 g/mol. The van der Waals surface area contributed by atoms with Crippen LogP contribution in [-0.2, 0) is 6.54 Å². The molecule has 1 aromatic carbocycles. The Morgan fingerprint density at radius 2 is 2.24 bits per heavy atom. The summed E-state index contributed by atoms with van der Waals surface area (Å²) < 4.78 is 1.20. The molecule has 1 fully saturated rings.